The lowest BCUT2D eigenvalue weighted by atomic mass is 9.95. The van der Waals surface area contributed by atoms with Crippen molar-refractivity contribution in [2.24, 2.45) is 5.41 Å². The Bertz CT molecular complexity index is 269. The first-order valence-electron chi connectivity index (χ1n) is 5.95. The van der Waals surface area contributed by atoms with Gasteiger partial charge in [0, 0.05) is 23.3 Å². The van der Waals surface area contributed by atoms with Gasteiger partial charge in [-0.3, -0.25) is 0 Å². The second-order valence-corrected chi connectivity index (χ2v) is 5.86. The molecule has 2 nitrogen and oxygen atoms in total. The van der Waals surface area contributed by atoms with Gasteiger partial charge < -0.3 is 10.1 Å². The van der Waals surface area contributed by atoms with Gasteiger partial charge in [-0.25, -0.2) is 0 Å². The van der Waals surface area contributed by atoms with Gasteiger partial charge in [0.1, 0.15) is 0 Å². The standard InChI is InChI=1S/C13H23NOS/c1-4-14-10-13(2,3)11-15-8-7-12-6-5-9-16-12/h5-6,9,14H,4,7-8,10-11H2,1-3H3. The van der Waals surface area contributed by atoms with Crippen molar-refractivity contribution in [1.29, 1.82) is 0 Å². The minimum absolute atomic E-state index is 0.228. The maximum atomic E-state index is 5.74. The Morgan fingerprint density at radius 3 is 2.88 bits per heavy atom. The van der Waals surface area contributed by atoms with Crippen LogP contribution in [0.5, 0.6) is 0 Å². The van der Waals surface area contributed by atoms with E-state index >= 15 is 0 Å². The minimum atomic E-state index is 0.228. The summed E-state index contributed by atoms with van der Waals surface area (Å²) < 4.78 is 5.74. The van der Waals surface area contributed by atoms with Crippen molar-refractivity contribution in [2.45, 2.75) is 27.2 Å². The quantitative estimate of drug-likeness (QED) is 0.707. The fourth-order valence-corrected chi connectivity index (χ4v) is 2.18. The highest BCUT2D eigenvalue weighted by Gasteiger charge is 2.16. The van der Waals surface area contributed by atoms with Crippen molar-refractivity contribution in [3.63, 3.8) is 0 Å². The zero-order valence-electron chi connectivity index (χ0n) is 10.6. The second kappa shape index (κ2) is 7.05. The summed E-state index contributed by atoms with van der Waals surface area (Å²) in [5.74, 6) is 0. The first-order valence-corrected chi connectivity index (χ1v) is 6.83. The summed E-state index contributed by atoms with van der Waals surface area (Å²) >= 11 is 1.80. The molecule has 1 aromatic heterocycles. The number of nitrogens with one attached hydrogen (secondary N) is 1. The lowest BCUT2D eigenvalue weighted by Crippen LogP contribution is -2.33. The Morgan fingerprint density at radius 1 is 1.44 bits per heavy atom. The highest BCUT2D eigenvalue weighted by molar-refractivity contribution is 7.09. The third-order valence-electron chi connectivity index (χ3n) is 2.42. The van der Waals surface area contributed by atoms with E-state index in [2.05, 4.69) is 43.6 Å². The summed E-state index contributed by atoms with van der Waals surface area (Å²) in [5.41, 5.74) is 0.228. The van der Waals surface area contributed by atoms with E-state index in [9.17, 15) is 0 Å². The molecule has 0 atom stereocenters. The third kappa shape index (κ3) is 5.64. The zero-order valence-corrected chi connectivity index (χ0v) is 11.4. The monoisotopic (exact) mass is 241 g/mol. The van der Waals surface area contributed by atoms with E-state index in [1.54, 1.807) is 11.3 Å². The van der Waals surface area contributed by atoms with Gasteiger partial charge in [0.25, 0.3) is 0 Å². The molecule has 0 aliphatic heterocycles. The van der Waals surface area contributed by atoms with Crippen LogP contribution in [0.3, 0.4) is 0 Å². The molecule has 1 aromatic rings. The molecule has 0 aromatic carbocycles. The number of thiophene rings is 1. The van der Waals surface area contributed by atoms with Crippen molar-refractivity contribution >= 4 is 11.3 Å². The first kappa shape index (κ1) is 13.7. The Kier molecular flexibility index (Phi) is 6.03. The fourth-order valence-electron chi connectivity index (χ4n) is 1.49. The van der Waals surface area contributed by atoms with Gasteiger partial charge in [-0.05, 0) is 18.0 Å². The van der Waals surface area contributed by atoms with Crippen molar-refractivity contribution in [2.75, 3.05) is 26.3 Å². The van der Waals surface area contributed by atoms with E-state index in [1.807, 2.05) is 0 Å². The van der Waals surface area contributed by atoms with Crippen molar-refractivity contribution in [1.82, 2.24) is 5.32 Å². The van der Waals surface area contributed by atoms with Gasteiger partial charge in [0.2, 0.25) is 0 Å². The highest BCUT2D eigenvalue weighted by atomic mass is 32.1. The lowest BCUT2D eigenvalue weighted by molar-refractivity contribution is 0.0646. The van der Waals surface area contributed by atoms with Crippen LogP contribution in [0.25, 0.3) is 0 Å². The van der Waals surface area contributed by atoms with Crippen LogP contribution in [-0.4, -0.2) is 26.3 Å². The second-order valence-electron chi connectivity index (χ2n) is 4.83. The molecule has 0 radical (unpaired) electrons. The summed E-state index contributed by atoms with van der Waals surface area (Å²) in [4.78, 5) is 1.41. The summed E-state index contributed by atoms with van der Waals surface area (Å²) in [6.07, 6.45) is 1.04. The average Bonchev–Trinajstić information content (AvgIpc) is 2.75. The third-order valence-corrected chi connectivity index (χ3v) is 3.36. The molecule has 0 saturated heterocycles. The van der Waals surface area contributed by atoms with E-state index < -0.39 is 0 Å². The van der Waals surface area contributed by atoms with Gasteiger partial charge in [-0.2, -0.15) is 0 Å². The minimum Gasteiger partial charge on any atom is -0.380 e. The molecule has 0 aliphatic carbocycles. The molecule has 0 aliphatic rings. The summed E-state index contributed by atoms with van der Waals surface area (Å²) in [7, 11) is 0. The Morgan fingerprint density at radius 2 is 2.25 bits per heavy atom. The van der Waals surface area contributed by atoms with Crippen LogP contribution in [0.15, 0.2) is 17.5 Å². The predicted octanol–water partition coefficient (Wildman–Crippen LogP) is 2.94. The SMILES string of the molecule is CCNCC(C)(C)COCCc1cccs1. The molecular weight excluding hydrogens is 218 g/mol. The fraction of sp³-hybridized carbons (Fsp3) is 0.692. The van der Waals surface area contributed by atoms with Crippen molar-refractivity contribution in [3.05, 3.63) is 22.4 Å². The number of hydrogen-bond donors (Lipinski definition) is 1. The first-order chi connectivity index (χ1) is 7.64. The lowest BCUT2D eigenvalue weighted by Gasteiger charge is -2.24. The zero-order chi connectivity index (χ0) is 11.9. The van der Waals surface area contributed by atoms with Crippen LogP contribution in [0, 0.1) is 5.41 Å². The van der Waals surface area contributed by atoms with Gasteiger partial charge in [-0.1, -0.05) is 26.8 Å². The van der Waals surface area contributed by atoms with E-state index in [1.165, 1.54) is 4.88 Å². The Balaban J connectivity index is 2.10. The van der Waals surface area contributed by atoms with Crippen LogP contribution in [0.2, 0.25) is 0 Å². The summed E-state index contributed by atoms with van der Waals surface area (Å²) in [6, 6.07) is 4.26. The largest absolute Gasteiger partial charge is 0.380 e. The summed E-state index contributed by atoms with van der Waals surface area (Å²) in [6.45, 7) is 10.3. The van der Waals surface area contributed by atoms with E-state index in [0.29, 0.717) is 0 Å². The molecule has 0 unspecified atom stereocenters. The molecule has 0 saturated carbocycles. The molecular formula is C13H23NOS. The van der Waals surface area contributed by atoms with Crippen molar-refractivity contribution in [3.8, 4) is 0 Å². The molecule has 0 fully saturated rings. The van der Waals surface area contributed by atoms with Gasteiger partial charge in [0.05, 0.1) is 13.2 Å². The van der Waals surface area contributed by atoms with Crippen LogP contribution in [0.1, 0.15) is 25.6 Å². The van der Waals surface area contributed by atoms with Crippen LogP contribution in [-0.2, 0) is 11.2 Å². The molecule has 1 heterocycles. The Hall–Kier alpha value is -0.380. The smallest absolute Gasteiger partial charge is 0.0529 e. The molecule has 0 amide bonds. The van der Waals surface area contributed by atoms with Gasteiger partial charge in [-0.15, -0.1) is 11.3 Å². The van der Waals surface area contributed by atoms with Gasteiger partial charge in [0.15, 0.2) is 0 Å². The number of hydrogen-bond acceptors (Lipinski definition) is 3. The van der Waals surface area contributed by atoms with Crippen LogP contribution < -0.4 is 5.32 Å². The molecule has 0 spiro atoms. The molecule has 1 rings (SSSR count). The van der Waals surface area contributed by atoms with Crippen LogP contribution in [0.4, 0.5) is 0 Å². The molecule has 1 N–H and O–H groups in total. The van der Waals surface area contributed by atoms with E-state index in [-0.39, 0.29) is 5.41 Å². The predicted molar refractivity (Wildman–Crippen MR) is 71.2 cm³/mol. The average molecular weight is 241 g/mol. The molecule has 0 bridgehead atoms. The van der Waals surface area contributed by atoms with Gasteiger partial charge >= 0.3 is 0 Å². The topological polar surface area (TPSA) is 21.3 Å². The number of ether oxygens (including phenoxy) is 1. The Labute approximate surface area is 103 Å². The molecule has 92 valence electrons. The maximum absolute atomic E-state index is 5.74. The molecule has 3 heteroatoms. The highest BCUT2D eigenvalue weighted by Crippen LogP contribution is 2.14. The van der Waals surface area contributed by atoms with E-state index in [4.69, 9.17) is 4.74 Å². The normalized spacial score (nSPS) is 11.9. The van der Waals surface area contributed by atoms with Crippen LogP contribution >= 0.6 is 11.3 Å². The maximum Gasteiger partial charge on any atom is 0.0529 e. The van der Waals surface area contributed by atoms with Crippen molar-refractivity contribution < 1.29 is 4.74 Å². The summed E-state index contributed by atoms with van der Waals surface area (Å²) in [5, 5.41) is 5.48. The van der Waals surface area contributed by atoms with E-state index in [0.717, 1.165) is 32.7 Å². The molecule has 16 heavy (non-hydrogen) atoms. The number of rotatable bonds is 8.